The van der Waals surface area contributed by atoms with Crippen LogP contribution in [0.4, 0.5) is 39.5 Å². The Kier molecular flexibility index (Phi) is 7.41. The number of rotatable bonds is 7. The average molecular weight is 583 g/mol. The van der Waals surface area contributed by atoms with Crippen LogP contribution >= 0.6 is 0 Å². The highest BCUT2D eigenvalue weighted by Crippen LogP contribution is 2.42. The number of aromatic nitrogens is 1. The first-order chi connectivity index (χ1) is 20.0. The summed E-state index contributed by atoms with van der Waals surface area (Å²) in [4.78, 5) is 18.6. The predicted octanol–water partition coefficient (Wildman–Crippen LogP) is 5.49. The van der Waals surface area contributed by atoms with Gasteiger partial charge in [-0.15, -0.1) is 0 Å². The van der Waals surface area contributed by atoms with E-state index in [2.05, 4.69) is 4.98 Å². The normalized spacial score (nSPS) is 17.0. The molecule has 2 heterocycles. The molecule has 1 saturated heterocycles. The largest absolute Gasteiger partial charge is 0.457 e. The van der Waals surface area contributed by atoms with Gasteiger partial charge in [-0.1, -0.05) is 0 Å². The Balaban J connectivity index is 1.41. The number of hydrogen-bond donors (Lipinski definition) is 4. The van der Waals surface area contributed by atoms with Crippen LogP contribution in [0.2, 0.25) is 0 Å². The van der Waals surface area contributed by atoms with Crippen molar-refractivity contribution in [3.63, 3.8) is 0 Å². The van der Waals surface area contributed by atoms with E-state index < -0.39 is 41.8 Å². The number of alkyl halides is 3. The Morgan fingerprint density at radius 3 is 2.00 bits per heavy atom. The van der Waals surface area contributed by atoms with E-state index in [4.69, 9.17) is 20.6 Å². The maximum atomic E-state index is 14.0. The summed E-state index contributed by atoms with van der Waals surface area (Å²) in [5.74, 6) is -0.662. The Labute approximate surface area is 235 Å². The van der Waals surface area contributed by atoms with E-state index in [1.165, 1.54) is 36.5 Å². The highest BCUT2D eigenvalue weighted by Gasteiger charge is 2.47. The molecule has 1 aromatic heterocycles. The third-order valence-corrected chi connectivity index (χ3v) is 6.26. The van der Waals surface area contributed by atoms with E-state index in [9.17, 15) is 32.6 Å². The van der Waals surface area contributed by atoms with E-state index >= 15 is 0 Å². The molecule has 3 aromatic carbocycles. The number of amides is 2. The second kappa shape index (κ2) is 11.0. The molecule has 0 aliphatic carbocycles. The van der Waals surface area contributed by atoms with Gasteiger partial charge in [-0.25, -0.2) is 14.2 Å². The molecule has 0 bridgehead atoms. The molecule has 0 radical (unpaired) electrons. The number of nitrogen functional groups attached to an aromatic ring is 1. The van der Waals surface area contributed by atoms with E-state index in [1.54, 1.807) is 0 Å². The number of nitrogens with zero attached hydrogens (tertiary/aromatic N) is 3. The number of hydrogen-bond acceptors (Lipinski definition) is 8. The Morgan fingerprint density at radius 2 is 1.40 bits per heavy atom. The maximum absolute atomic E-state index is 14.0. The third-order valence-electron chi connectivity index (χ3n) is 6.26. The van der Waals surface area contributed by atoms with E-state index in [0.717, 1.165) is 47.5 Å². The molecule has 42 heavy (non-hydrogen) atoms. The Morgan fingerprint density at radius 1 is 0.857 bits per heavy atom. The molecule has 2 unspecified atom stereocenters. The number of urea groups is 1. The molecule has 5 N–H and O–H groups in total. The second-order valence-corrected chi connectivity index (χ2v) is 8.93. The monoisotopic (exact) mass is 583 g/mol. The summed E-state index contributed by atoms with van der Waals surface area (Å²) in [5, 5.41) is 28.8. The van der Waals surface area contributed by atoms with Gasteiger partial charge >= 0.3 is 12.2 Å². The van der Waals surface area contributed by atoms with Crippen LogP contribution in [0.15, 0.2) is 79.0 Å². The highest BCUT2D eigenvalue weighted by molar-refractivity contribution is 6.07. The summed E-state index contributed by atoms with van der Waals surface area (Å²) >= 11 is 0. The molecule has 1 fully saturated rings. The first-order valence-electron chi connectivity index (χ1n) is 12.1. The van der Waals surface area contributed by atoms with Gasteiger partial charge in [0.15, 0.2) is 12.5 Å². The maximum Gasteiger partial charge on any atom is 0.420 e. The van der Waals surface area contributed by atoms with Crippen molar-refractivity contribution in [2.24, 2.45) is 0 Å². The number of benzene rings is 3. The van der Waals surface area contributed by atoms with Crippen molar-refractivity contribution in [2.45, 2.75) is 18.6 Å². The average Bonchev–Trinajstić information content (AvgIpc) is 3.17. The number of nitrogens with one attached hydrogen (secondary N) is 1. The van der Waals surface area contributed by atoms with E-state index in [1.807, 2.05) is 0 Å². The predicted molar refractivity (Wildman–Crippen MR) is 143 cm³/mol. The number of ether oxygens (including phenoxy) is 2. The van der Waals surface area contributed by atoms with Gasteiger partial charge in [-0.2, -0.15) is 13.2 Å². The molecule has 1 aliphatic heterocycles. The number of nitrogens with two attached hydrogens (primary N) is 1. The molecule has 216 valence electrons. The smallest absolute Gasteiger partial charge is 0.420 e. The molecule has 10 nitrogen and oxygen atoms in total. The minimum Gasteiger partial charge on any atom is -0.457 e. The standard InChI is InChI=1S/C28H21F4N5O5/c29-15-1-6-18(7-2-15)42-23-10-5-17(13-21(23)28(30,31)32)37-26(39)25(38)36(27(37)40)16-3-8-19(9-4-16)41-22-11-12-35-24(34)20(22)14-33/h1-14,25-26,33,38-39H,(H2,34,35). The molecular weight excluding hydrogens is 562 g/mol. The number of aliphatic hydroxyl groups excluding tert-OH is 2. The van der Waals surface area contributed by atoms with Gasteiger partial charge in [0, 0.05) is 23.8 Å². The molecular formula is C28H21F4N5O5. The summed E-state index contributed by atoms with van der Waals surface area (Å²) in [6, 6.07) is 13.2. The number of carbonyl (C=O) groups excluding carboxylic acids is 1. The topological polar surface area (TPSA) is 145 Å². The fourth-order valence-corrected chi connectivity index (χ4v) is 4.25. The van der Waals surface area contributed by atoms with Crippen molar-refractivity contribution >= 4 is 29.4 Å². The molecule has 0 saturated carbocycles. The number of aliphatic hydroxyl groups is 2. The molecule has 14 heteroatoms. The van der Waals surface area contributed by atoms with Gasteiger partial charge < -0.3 is 30.8 Å². The minimum atomic E-state index is -4.93. The van der Waals surface area contributed by atoms with Crippen LogP contribution in [0.5, 0.6) is 23.0 Å². The lowest BCUT2D eigenvalue weighted by atomic mass is 10.1. The highest BCUT2D eigenvalue weighted by atomic mass is 19.4. The number of carbonyl (C=O) groups is 1. The Hall–Kier alpha value is -5.21. The van der Waals surface area contributed by atoms with Crippen LogP contribution in [0.1, 0.15) is 11.1 Å². The van der Waals surface area contributed by atoms with Gasteiger partial charge in [0.2, 0.25) is 0 Å². The zero-order valence-electron chi connectivity index (χ0n) is 21.3. The zero-order chi connectivity index (χ0) is 30.2. The third kappa shape index (κ3) is 5.40. The van der Waals surface area contributed by atoms with Crippen molar-refractivity contribution in [1.29, 1.82) is 5.41 Å². The number of pyridine rings is 1. The van der Waals surface area contributed by atoms with Crippen LogP contribution in [0.3, 0.4) is 0 Å². The number of halogens is 4. The first-order valence-corrected chi connectivity index (χ1v) is 12.1. The second-order valence-electron chi connectivity index (χ2n) is 8.93. The van der Waals surface area contributed by atoms with E-state index in [-0.39, 0.29) is 40.0 Å². The SMILES string of the molecule is N=Cc1c(Oc2ccc(N3C(=O)N(c4ccc(Oc5ccc(F)cc5)c(C(F)(F)F)c4)C(O)C3O)cc2)ccnc1N. The zero-order valence-corrected chi connectivity index (χ0v) is 21.3. The fraction of sp³-hybridized carbons (Fsp3) is 0.107. The lowest BCUT2D eigenvalue weighted by Gasteiger charge is -2.22. The van der Waals surface area contributed by atoms with Gasteiger partial charge in [0.25, 0.3) is 0 Å². The van der Waals surface area contributed by atoms with Crippen LogP contribution in [-0.2, 0) is 6.18 Å². The van der Waals surface area contributed by atoms with Crippen LogP contribution < -0.4 is 25.0 Å². The van der Waals surface area contributed by atoms with Crippen LogP contribution in [0.25, 0.3) is 0 Å². The molecule has 4 aromatic rings. The van der Waals surface area contributed by atoms with Crippen molar-refractivity contribution in [2.75, 3.05) is 15.5 Å². The summed E-state index contributed by atoms with van der Waals surface area (Å²) in [7, 11) is 0. The molecule has 0 spiro atoms. The molecule has 1 aliphatic rings. The molecule has 2 atom stereocenters. The van der Waals surface area contributed by atoms with Gasteiger partial charge in [-0.3, -0.25) is 9.80 Å². The summed E-state index contributed by atoms with van der Waals surface area (Å²) in [5.41, 5.74) is 4.48. The lowest BCUT2D eigenvalue weighted by molar-refractivity contribution is -0.138. The summed E-state index contributed by atoms with van der Waals surface area (Å²) in [6.45, 7) is 0. The van der Waals surface area contributed by atoms with Crippen molar-refractivity contribution in [1.82, 2.24) is 4.98 Å². The first kappa shape index (κ1) is 28.3. The fourth-order valence-electron chi connectivity index (χ4n) is 4.25. The van der Waals surface area contributed by atoms with Crippen molar-refractivity contribution < 1.29 is 42.0 Å². The van der Waals surface area contributed by atoms with Gasteiger partial charge in [-0.05, 0) is 72.8 Å². The van der Waals surface area contributed by atoms with Crippen molar-refractivity contribution in [3.05, 3.63) is 95.9 Å². The summed E-state index contributed by atoms with van der Waals surface area (Å²) in [6.07, 6.45) is -6.31. The van der Waals surface area contributed by atoms with Crippen LogP contribution in [0, 0.1) is 11.2 Å². The minimum absolute atomic E-state index is 0.0533. The van der Waals surface area contributed by atoms with Gasteiger partial charge in [0.05, 0.1) is 5.56 Å². The number of anilines is 3. The molecule has 5 rings (SSSR count). The molecule has 2 amide bonds. The quantitative estimate of drug-likeness (QED) is 0.166. The van der Waals surface area contributed by atoms with Crippen LogP contribution in [-0.4, -0.2) is 39.9 Å². The Bertz CT molecular complexity index is 1630. The summed E-state index contributed by atoms with van der Waals surface area (Å²) < 4.78 is 66.1. The van der Waals surface area contributed by atoms with Crippen molar-refractivity contribution in [3.8, 4) is 23.0 Å². The van der Waals surface area contributed by atoms with Gasteiger partial charge in [0.1, 0.15) is 40.2 Å². The lowest BCUT2D eigenvalue weighted by Crippen LogP contribution is -2.37. The van der Waals surface area contributed by atoms with E-state index in [0.29, 0.717) is 11.0 Å².